The molecule has 2 N–H and O–H groups in total. The van der Waals surface area contributed by atoms with Crippen LogP contribution in [0.5, 0.6) is 11.6 Å². The Morgan fingerprint density at radius 2 is 2.21 bits per heavy atom. The van der Waals surface area contributed by atoms with Gasteiger partial charge < -0.3 is 20.1 Å². The summed E-state index contributed by atoms with van der Waals surface area (Å²) in [6.07, 6.45) is 10.5. The summed E-state index contributed by atoms with van der Waals surface area (Å²) in [7, 11) is 0. The van der Waals surface area contributed by atoms with Gasteiger partial charge in [0.25, 0.3) is 0 Å². The van der Waals surface area contributed by atoms with E-state index >= 15 is 0 Å². The highest BCUT2D eigenvalue weighted by atomic mass is 16.5. The van der Waals surface area contributed by atoms with Crippen molar-refractivity contribution >= 4 is 11.7 Å². The van der Waals surface area contributed by atoms with Crippen LogP contribution in [0.1, 0.15) is 32.1 Å². The normalized spacial score (nSPS) is 30.5. The number of rotatable bonds is 4. The summed E-state index contributed by atoms with van der Waals surface area (Å²) < 4.78 is 11.8. The number of amides is 2. The first kappa shape index (κ1) is 17.4. The first-order valence-corrected chi connectivity index (χ1v) is 9.98. The van der Waals surface area contributed by atoms with E-state index in [1.807, 2.05) is 6.07 Å². The van der Waals surface area contributed by atoms with E-state index in [1.54, 1.807) is 36.8 Å². The lowest BCUT2D eigenvalue weighted by atomic mass is 9.53. The Labute approximate surface area is 163 Å². The molecule has 0 bridgehead atoms. The molecule has 7 heteroatoms. The minimum absolute atomic E-state index is 0.0447. The molecule has 0 aromatic carbocycles. The lowest BCUT2D eigenvalue weighted by Crippen LogP contribution is -2.64. The van der Waals surface area contributed by atoms with Crippen molar-refractivity contribution in [2.45, 2.75) is 43.7 Å². The number of carbonyl (C=O) groups is 1. The number of carbonyl (C=O) groups excluding carboxylic acids is 1. The first-order valence-electron chi connectivity index (χ1n) is 9.98. The topological polar surface area (TPSA) is 85.4 Å². The van der Waals surface area contributed by atoms with Crippen LogP contribution in [-0.2, 0) is 4.74 Å². The molecule has 0 radical (unpaired) electrons. The zero-order valence-electron chi connectivity index (χ0n) is 15.6. The zero-order chi connectivity index (χ0) is 19.0. The van der Waals surface area contributed by atoms with Crippen molar-refractivity contribution < 1.29 is 14.3 Å². The quantitative estimate of drug-likeness (QED) is 0.844. The molecule has 1 aliphatic heterocycles. The van der Waals surface area contributed by atoms with Crippen LogP contribution in [0.4, 0.5) is 10.5 Å². The summed E-state index contributed by atoms with van der Waals surface area (Å²) in [6, 6.07) is 7.10. The molecule has 1 spiro atoms. The van der Waals surface area contributed by atoms with Crippen molar-refractivity contribution in [3.63, 3.8) is 0 Å². The Hall–Kier alpha value is -2.67. The van der Waals surface area contributed by atoms with Gasteiger partial charge in [0.1, 0.15) is 5.75 Å². The summed E-state index contributed by atoms with van der Waals surface area (Å²) in [5.41, 5.74) is 0.674. The van der Waals surface area contributed by atoms with Gasteiger partial charge in [-0.15, -0.1) is 0 Å². The fourth-order valence-corrected chi connectivity index (χ4v) is 5.14. The van der Waals surface area contributed by atoms with Crippen molar-refractivity contribution in [1.29, 1.82) is 0 Å². The summed E-state index contributed by atoms with van der Waals surface area (Å²) in [4.78, 5) is 20.7. The second-order valence-corrected chi connectivity index (χ2v) is 7.90. The van der Waals surface area contributed by atoms with Gasteiger partial charge in [-0.25, -0.2) is 9.78 Å². The third-order valence-corrected chi connectivity index (χ3v) is 6.43. The number of anilines is 1. The maximum absolute atomic E-state index is 12.5. The van der Waals surface area contributed by atoms with Crippen LogP contribution in [0.15, 0.2) is 42.9 Å². The molecule has 5 rings (SSSR count). The summed E-state index contributed by atoms with van der Waals surface area (Å²) in [6.45, 7) is 0.874. The standard InChI is InChI=1S/C21H24N4O3/c26-20(25-18-4-1-8-21-14(7-10-27-21)11-17(18)21)24-15-5-6-19(23-12-15)28-16-3-2-9-22-13-16/h2-3,5-6,9,12-14,17-18H,1,4,7-8,10-11H2,(H2,24,25,26). The van der Waals surface area contributed by atoms with Crippen LogP contribution in [0.25, 0.3) is 0 Å². The van der Waals surface area contributed by atoms with Gasteiger partial charge >= 0.3 is 6.03 Å². The smallest absolute Gasteiger partial charge is 0.319 e. The van der Waals surface area contributed by atoms with Gasteiger partial charge in [0.05, 0.1) is 23.7 Å². The molecule has 2 aromatic rings. The molecule has 2 aromatic heterocycles. The third-order valence-electron chi connectivity index (χ3n) is 6.43. The van der Waals surface area contributed by atoms with Crippen molar-refractivity contribution in [1.82, 2.24) is 15.3 Å². The molecule has 3 aliphatic rings. The minimum atomic E-state index is -0.189. The second kappa shape index (κ2) is 7.05. The van der Waals surface area contributed by atoms with Crippen molar-refractivity contribution in [2.24, 2.45) is 11.8 Å². The lowest BCUT2D eigenvalue weighted by Gasteiger charge is -2.57. The molecule has 2 saturated carbocycles. The second-order valence-electron chi connectivity index (χ2n) is 7.90. The van der Waals surface area contributed by atoms with Gasteiger partial charge in [-0.2, -0.15) is 0 Å². The van der Waals surface area contributed by atoms with Gasteiger partial charge in [-0.3, -0.25) is 4.98 Å². The molecule has 4 atom stereocenters. The fourth-order valence-electron chi connectivity index (χ4n) is 5.14. The van der Waals surface area contributed by atoms with E-state index in [2.05, 4.69) is 20.6 Å². The van der Waals surface area contributed by atoms with E-state index in [0.29, 0.717) is 29.2 Å². The van der Waals surface area contributed by atoms with E-state index in [-0.39, 0.29) is 17.7 Å². The Bertz CT molecular complexity index is 844. The van der Waals surface area contributed by atoms with E-state index in [1.165, 1.54) is 12.8 Å². The molecule has 4 unspecified atom stereocenters. The lowest BCUT2D eigenvalue weighted by molar-refractivity contribution is -0.166. The summed E-state index contributed by atoms with van der Waals surface area (Å²) in [5, 5.41) is 6.04. The molecular formula is C21H24N4O3. The molecule has 28 heavy (non-hydrogen) atoms. The van der Waals surface area contributed by atoms with Gasteiger partial charge in [0, 0.05) is 30.8 Å². The van der Waals surface area contributed by atoms with Gasteiger partial charge in [-0.1, -0.05) is 0 Å². The van der Waals surface area contributed by atoms with Crippen molar-refractivity contribution in [2.75, 3.05) is 11.9 Å². The Balaban J connectivity index is 1.17. The maximum atomic E-state index is 12.5. The number of ether oxygens (including phenoxy) is 2. The molecule has 2 aliphatic carbocycles. The van der Waals surface area contributed by atoms with Crippen molar-refractivity contribution in [3.8, 4) is 11.6 Å². The molecule has 146 valence electrons. The van der Waals surface area contributed by atoms with Gasteiger partial charge in [-0.05, 0) is 56.2 Å². The van der Waals surface area contributed by atoms with E-state index in [0.717, 1.165) is 25.9 Å². The van der Waals surface area contributed by atoms with E-state index in [4.69, 9.17) is 9.47 Å². The van der Waals surface area contributed by atoms with E-state index in [9.17, 15) is 4.79 Å². The minimum Gasteiger partial charge on any atom is -0.437 e. The van der Waals surface area contributed by atoms with Crippen molar-refractivity contribution in [3.05, 3.63) is 42.9 Å². The highest BCUT2D eigenvalue weighted by Crippen LogP contribution is 2.59. The highest BCUT2D eigenvalue weighted by Gasteiger charge is 2.62. The average Bonchev–Trinajstić information content (AvgIpc) is 2.97. The predicted octanol–water partition coefficient (Wildman–Crippen LogP) is 3.74. The van der Waals surface area contributed by atoms with E-state index < -0.39 is 0 Å². The fraction of sp³-hybridized carbons (Fsp3) is 0.476. The number of hydrogen-bond donors (Lipinski definition) is 2. The van der Waals surface area contributed by atoms with Crippen LogP contribution < -0.4 is 15.4 Å². The number of hydrogen-bond acceptors (Lipinski definition) is 5. The summed E-state index contributed by atoms with van der Waals surface area (Å²) in [5.74, 6) is 2.22. The summed E-state index contributed by atoms with van der Waals surface area (Å²) >= 11 is 0. The number of nitrogens with zero attached hydrogens (tertiary/aromatic N) is 2. The molecule has 3 fully saturated rings. The first-order chi connectivity index (χ1) is 13.7. The van der Waals surface area contributed by atoms with Gasteiger partial charge in [0.15, 0.2) is 0 Å². The van der Waals surface area contributed by atoms with Crippen LogP contribution in [0.3, 0.4) is 0 Å². The number of nitrogens with one attached hydrogen (secondary N) is 2. The monoisotopic (exact) mass is 380 g/mol. The Morgan fingerprint density at radius 3 is 3.00 bits per heavy atom. The van der Waals surface area contributed by atoms with Crippen LogP contribution in [0.2, 0.25) is 0 Å². The molecule has 7 nitrogen and oxygen atoms in total. The van der Waals surface area contributed by atoms with Crippen LogP contribution in [-0.4, -0.2) is 34.2 Å². The zero-order valence-corrected chi connectivity index (χ0v) is 15.6. The highest BCUT2D eigenvalue weighted by molar-refractivity contribution is 5.89. The Kier molecular flexibility index (Phi) is 4.39. The average molecular weight is 380 g/mol. The predicted molar refractivity (Wildman–Crippen MR) is 103 cm³/mol. The maximum Gasteiger partial charge on any atom is 0.319 e. The number of pyridine rings is 2. The molecule has 2 amide bonds. The number of aromatic nitrogens is 2. The Morgan fingerprint density at radius 1 is 1.25 bits per heavy atom. The molecule has 1 saturated heterocycles. The van der Waals surface area contributed by atoms with Crippen LogP contribution in [0, 0.1) is 11.8 Å². The SMILES string of the molecule is O=C(Nc1ccc(Oc2cccnc2)nc1)NC1CCCC23OCCC2CC13. The largest absolute Gasteiger partial charge is 0.437 e. The van der Waals surface area contributed by atoms with Gasteiger partial charge in [0.2, 0.25) is 5.88 Å². The van der Waals surface area contributed by atoms with Crippen LogP contribution >= 0.6 is 0 Å². The number of urea groups is 1. The molecule has 3 heterocycles. The molecular weight excluding hydrogens is 356 g/mol. The third kappa shape index (κ3) is 3.09.